The van der Waals surface area contributed by atoms with Crippen molar-refractivity contribution < 1.29 is 14.2 Å². The van der Waals surface area contributed by atoms with Gasteiger partial charge in [0.05, 0.1) is 26.4 Å². The Balaban J connectivity index is 1.58. The van der Waals surface area contributed by atoms with E-state index in [4.69, 9.17) is 14.2 Å². The molecular formula is C9H15NO3. The lowest BCUT2D eigenvalue weighted by Gasteiger charge is -2.45. The van der Waals surface area contributed by atoms with Crippen LogP contribution in [0.4, 0.5) is 0 Å². The fourth-order valence-electron chi connectivity index (χ4n) is 1.71. The van der Waals surface area contributed by atoms with Crippen molar-refractivity contribution in [1.82, 2.24) is 5.32 Å². The predicted molar refractivity (Wildman–Crippen MR) is 45.1 cm³/mol. The van der Waals surface area contributed by atoms with Gasteiger partial charge in [0.15, 0.2) is 0 Å². The highest BCUT2D eigenvalue weighted by Crippen LogP contribution is 2.30. The summed E-state index contributed by atoms with van der Waals surface area (Å²) >= 11 is 0. The van der Waals surface area contributed by atoms with Crippen LogP contribution in [0.15, 0.2) is 0 Å². The number of nitrogens with one attached hydrogen (secondary N) is 1. The van der Waals surface area contributed by atoms with E-state index >= 15 is 0 Å². The monoisotopic (exact) mass is 185 g/mol. The second kappa shape index (κ2) is 2.92. The molecule has 3 aliphatic heterocycles. The largest absolute Gasteiger partial charge is 0.326 e. The van der Waals surface area contributed by atoms with Crippen LogP contribution in [0.3, 0.4) is 0 Å². The zero-order valence-electron chi connectivity index (χ0n) is 7.62. The minimum absolute atomic E-state index is 0.447. The van der Waals surface area contributed by atoms with Gasteiger partial charge in [-0.1, -0.05) is 0 Å². The van der Waals surface area contributed by atoms with Gasteiger partial charge in [-0.2, -0.15) is 0 Å². The third kappa shape index (κ3) is 1.59. The number of hydrogen-bond donors (Lipinski definition) is 1. The zero-order chi connectivity index (χ0) is 8.73. The van der Waals surface area contributed by atoms with E-state index in [1.165, 1.54) is 12.8 Å². The fraction of sp³-hybridized carbons (Fsp3) is 1.00. The van der Waals surface area contributed by atoms with Crippen LogP contribution in [0.25, 0.3) is 0 Å². The third-order valence-corrected chi connectivity index (χ3v) is 2.80. The summed E-state index contributed by atoms with van der Waals surface area (Å²) in [5.74, 6) is -0.306. The van der Waals surface area contributed by atoms with Gasteiger partial charge in [-0.3, -0.25) is 0 Å². The molecule has 4 nitrogen and oxygen atoms in total. The van der Waals surface area contributed by atoms with Gasteiger partial charge in [-0.15, -0.1) is 0 Å². The molecule has 0 radical (unpaired) electrons. The Morgan fingerprint density at radius 3 is 2.23 bits per heavy atom. The first kappa shape index (κ1) is 8.17. The maximum atomic E-state index is 5.54. The topological polar surface area (TPSA) is 39.7 Å². The minimum Gasteiger partial charge on any atom is -0.326 e. The molecular weight excluding hydrogens is 170 g/mol. The van der Waals surface area contributed by atoms with E-state index < -0.39 is 5.97 Å². The van der Waals surface area contributed by atoms with Crippen molar-refractivity contribution >= 4 is 0 Å². The van der Waals surface area contributed by atoms with Crippen LogP contribution in [-0.2, 0) is 14.2 Å². The normalized spacial score (nSPS) is 43.8. The number of rotatable bonds is 3. The van der Waals surface area contributed by atoms with Crippen LogP contribution in [0, 0.1) is 5.92 Å². The first-order chi connectivity index (χ1) is 6.36. The summed E-state index contributed by atoms with van der Waals surface area (Å²) < 4.78 is 16.6. The quantitative estimate of drug-likeness (QED) is 0.676. The van der Waals surface area contributed by atoms with E-state index in [1.807, 2.05) is 0 Å². The Kier molecular flexibility index (Phi) is 1.83. The summed E-state index contributed by atoms with van der Waals surface area (Å²) in [6.07, 6.45) is 2.55. The van der Waals surface area contributed by atoms with E-state index in [0.29, 0.717) is 18.5 Å². The van der Waals surface area contributed by atoms with E-state index in [-0.39, 0.29) is 0 Å². The molecule has 1 aliphatic carbocycles. The first-order valence-corrected chi connectivity index (χ1v) is 5.02. The van der Waals surface area contributed by atoms with Crippen LogP contribution in [0.5, 0.6) is 0 Å². The molecule has 4 rings (SSSR count). The molecule has 0 unspecified atom stereocenters. The van der Waals surface area contributed by atoms with Crippen LogP contribution in [-0.4, -0.2) is 38.4 Å². The molecule has 0 atom stereocenters. The molecule has 3 saturated heterocycles. The summed E-state index contributed by atoms with van der Waals surface area (Å²) in [5, 5.41) is 3.37. The van der Waals surface area contributed by atoms with Gasteiger partial charge in [-0.25, -0.2) is 0 Å². The van der Waals surface area contributed by atoms with E-state index in [1.54, 1.807) is 0 Å². The summed E-state index contributed by atoms with van der Waals surface area (Å²) in [4.78, 5) is 0. The van der Waals surface area contributed by atoms with Gasteiger partial charge in [0.25, 0.3) is 5.97 Å². The van der Waals surface area contributed by atoms with E-state index in [9.17, 15) is 0 Å². The smallest absolute Gasteiger partial charge is 0.296 e. The molecule has 3 heterocycles. The van der Waals surface area contributed by atoms with Gasteiger partial charge in [-0.05, 0) is 12.8 Å². The Labute approximate surface area is 77.5 Å². The van der Waals surface area contributed by atoms with Crippen molar-refractivity contribution in [2.75, 3.05) is 26.4 Å². The van der Waals surface area contributed by atoms with Crippen molar-refractivity contribution in [2.45, 2.75) is 24.9 Å². The minimum atomic E-state index is -0.753. The SMILES string of the molecule is C1OC2(CNC3CC3)OCC1CO2. The second-order valence-corrected chi connectivity index (χ2v) is 4.14. The number of ether oxygens (including phenoxy) is 3. The summed E-state index contributed by atoms with van der Waals surface area (Å²) in [7, 11) is 0. The molecule has 74 valence electrons. The second-order valence-electron chi connectivity index (χ2n) is 4.14. The van der Waals surface area contributed by atoms with Gasteiger partial charge >= 0.3 is 0 Å². The van der Waals surface area contributed by atoms with Crippen molar-refractivity contribution in [3.05, 3.63) is 0 Å². The van der Waals surface area contributed by atoms with Crippen LogP contribution >= 0.6 is 0 Å². The van der Waals surface area contributed by atoms with Gasteiger partial charge < -0.3 is 19.5 Å². The fourth-order valence-corrected chi connectivity index (χ4v) is 1.71. The molecule has 13 heavy (non-hydrogen) atoms. The van der Waals surface area contributed by atoms with Crippen molar-refractivity contribution in [3.63, 3.8) is 0 Å². The third-order valence-electron chi connectivity index (χ3n) is 2.80. The van der Waals surface area contributed by atoms with Crippen LogP contribution in [0.1, 0.15) is 12.8 Å². The lowest BCUT2D eigenvalue weighted by Crippen LogP contribution is -2.58. The molecule has 4 fully saturated rings. The Hall–Kier alpha value is -0.160. The number of fused-ring (bicyclic) bond motifs is 3. The molecule has 0 amide bonds. The Morgan fingerprint density at radius 1 is 1.08 bits per heavy atom. The molecule has 0 spiro atoms. The highest BCUT2D eigenvalue weighted by molar-refractivity contribution is 4.84. The lowest BCUT2D eigenvalue weighted by molar-refractivity contribution is -0.444. The molecule has 2 bridgehead atoms. The molecule has 0 aromatic carbocycles. The van der Waals surface area contributed by atoms with Crippen LogP contribution < -0.4 is 5.32 Å². The van der Waals surface area contributed by atoms with Gasteiger partial charge in [0, 0.05) is 12.0 Å². The summed E-state index contributed by atoms with van der Waals surface area (Å²) in [5.41, 5.74) is 0. The van der Waals surface area contributed by atoms with Crippen LogP contribution in [0.2, 0.25) is 0 Å². The van der Waals surface area contributed by atoms with Gasteiger partial charge in [0.2, 0.25) is 0 Å². The van der Waals surface area contributed by atoms with Crippen molar-refractivity contribution in [2.24, 2.45) is 5.92 Å². The highest BCUT2D eigenvalue weighted by atomic mass is 16.9. The lowest BCUT2D eigenvalue weighted by atomic mass is 10.1. The Bertz CT molecular complexity index is 183. The zero-order valence-corrected chi connectivity index (χ0v) is 7.62. The molecule has 0 aromatic rings. The first-order valence-electron chi connectivity index (χ1n) is 5.02. The molecule has 4 aliphatic rings. The van der Waals surface area contributed by atoms with Crippen molar-refractivity contribution in [1.29, 1.82) is 0 Å². The predicted octanol–water partition coefficient (Wildman–Crippen LogP) is 0.0854. The van der Waals surface area contributed by atoms with E-state index in [2.05, 4.69) is 5.32 Å². The molecule has 1 saturated carbocycles. The van der Waals surface area contributed by atoms with Gasteiger partial charge in [0.1, 0.15) is 0 Å². The summed E-state index contributed by atoms with van der Waals surface area (Å²) in [6.45, 7) is 3.02. The molecule has 1 N–H and O–H groups in total. The molecule has 0 aromatic heterocycles. The van der Waals surface area contributed by atoms with Crippen molar-refractivity contribution in [3.8, 4) is 0 Å². The standard InChI is InChI=1S/C9H15NO3/c1-2-8(1)10-6-9-11-3-7(4-12-9)5-13-9/h7-8,10H,1-6H2. The average Bonchev–Trinajstić information content (AvgIpc) is 3.01. The average molecular weight is 185 g/mol. The number of hydrogen-bond acceptors (Lipinski definition) is 4. The van der Waals surface area contributed by atoms with E-state index in [0.717, 1.165) is 19.8 Å². The highest BCUT2D eigenvalue weighted by Gasteiger charge is 2.45. The maximum Gasteiger partial charge on any atom is 0.296 e. The molecule has 4 heteroatoms. The Morgan fingerprint density at radius 2 is 1.69 bits per heavy atom. The maximum absolute atomic E-state index is 5.54. The summed E-state index contributed by atoms with van der Waals surface area (Å²) in [6, 6.07) is 0.671.